The molecule has 0 amide bonds. The Morgan fingerprint density at radius 2 is 1.54 bits per heavy atom. The molecule has 3 rings (SSSR count). The fourth-order valence-electron chi connectivity index (χ4n) is 3.00. The number of rotatable bonds is 7. The molecule has 2 nitrogen and oxygen atoms in total. The van der Waals surface area contributed by atoms with E-state index >= 15 is 0 Å². The van der Waals surface area contributed by atoms with Crippen molar-refractivity contribution in [1.82, 2.24) is 0 Å². The standard InChI is InChI=1S/C23H21F3O2/c1-2-28-14-16-6-11-19(20(24)13-16)17-7-3-15(4-8-17)5-9-18-10-12-21(27)23(26)22(18)25/h3-4,6-8,10-13,27H,2,5,9,14H2,1H3. The number of ether oxygens (including phenoxy) is 1. The molecule has 0 spiro atoms. The summed E-state index contributed by atoms with van der Waals surface area (Å²) in [6, 6.07) is 14.9. The SMILES string of the molecule is CCOCc1ccc(-c2ccc(CCc3ccc(O)c(F)c3F)cc2)c(F)c1. The normalized spacial score (nSPS) is 11.0. The first-order valence-electron chi connectivity index (χ1n) is 9.11. The summed E-state index contributed by atoms with van der Waals surface area (Å²) in [4.78, 5) is 0. The molecule has 0 aliphatic heterocycles. The van der Waals surface area contributed by atoms with Crippen LogP contribution in [-0.4, -0.2) is 11.7 Å². The maximum Gasteiger partial charge on any atom is 0.200 e. The molecular formula is C23H21F3O2. The number of aromatic hydroxyl groups is 1. The van der Waals surface area contributed by atoms with E-state index in [4.69, 9.17) is 4.74 Å². The van der Waals surface area contributed by atoms with E-state index in [0.29, 0.717) is 31.6 Å². The topological polar surface area (TPSA) is 29.5 Å². The molecule has 0 heterocycles. The first-order valence-corrected chi connectivity index (χ1v) is 9.11. The largest absolute Gasteiger partial charge is 0.505 e. The van der Waals surface area contributed by atoms with Gasteiger partial charge in [-0.25, -0.2) is 8.78 Å². The molecule has 0 bridgehead atoms. The molecule has 0 saturated carbocycles. The second-order valence-electron chi connectivity index (χ2n) is 6.52. The van der Waals surface area contributed by atoms with Crippen LogP contribution >= 0.6 is 0 Å². The van der Waals surface area contributed by atoms with Crippen LogP contribution in [0.1, 0.15) is 23.6 Å². The lowest BCUT2D eigenvalue weighted by Gasteiger charge is -2.09. The number of aryl methyl sites for hydroxylation is 2. The monoisotopic (exact) mass is 386 g/mol. The molecular weight excluding hydrogens is 365 g/mol. The molecule has 3 aromatic carbocycles. The maximum atomic E-state index is 14.4. The van der Waals surface area contributed by atoms with Crippen LogP contribution < -0.4 is 0 Å². The zero-order valence-corrected chi connectivity index (χ0v) is 15.5. The quantitative estimate of drug-likeness (QED) is 0.556. The van der Waals surface area contributed by atoms with Gasteiger partial charge in [0.05, 0.1) is 6.61 Å². The highest BCUT2D eigenvalue weighted by Crippen LogP contribution is 2.26. The van der Waals surface area contributed by atoms with Gasteiger partial charge in [0.2, 0.25) is 5.82 Å². The van der Waals surface area contributed by atoms with E-state index < -0.39 is 17.4 Å². The van der Waals surface area contributed by atoms with Crippen molar-refractivity contribution in [3.63, 3.8) is 0 Å². The predicted octanol–water partition coefficient (Wildman–Crippen LogP) is 5.80. The van der Waals surface area contributed by atoms with E-state index in [2.05, 4.69) is 0 Å². The van der Waals surface area contributed by atoms with Gasteiger partial charge in [-0.1, -0.05) is 42.5 Å². The van der Waals surface area contributed by atoms with Gasteiger partial charge in [-0.2, -0.15) is 4.39 Å². The minimum Gasteiger partial charge on any atom is -0.505 e. The molecule has 0 saturated heterocycles. The van der Waals surface area contributed by atoms with E-state index in [1.807, 2.05) is 37.3 Å². The summed E-state index contributed by atoms with van der Waals surface area (Å²) in [6.45, 7) is 2.84. The van der Waals surface area contributed by atoms with Gasteiger partial charge < -0.3 is 9.84 Å². The summed E-state index contributed by atoms with van der Waals surface area (Å²) in [5, 5.41) is 9.18. The number of hydrogen-bond donors (Lipinski definition) is 1. The van der Waals surface area contributed by atoms with Gasteiger partial charge in [0.1, 0.15) is 5.82 Å². The Bertz CT molecular complexity index is 953. The van der Waals surface area contributed by atoms with Crippen LogP contribution in [-0.2, 0) is 24.2 Å². The lowest BCUT2D eigenvalue weighted by atomic mass is 9.99. The van der Waals surface area contributed by atoms with Crippen molar-refractivity contribution < 1.29 is 23.0 Å². The molecule has 5 heteroatoms. The van der Waals surface area contributed by atoms with Crippen LogP contribution in [0.4, 0.5) is 13.2 Å². The van der Waals surface area contributed by atoms with Crippen LogP contribution in [0.5, 0.6) is 5.75 Å². The van der Waals surface area contributed by atoms with Crippen molar-refractivity contribution in [2.24, 2.45) is 0 Å². The number of hydrogen-bond acceptors (Lipinski definition) is 2. The molecule has 0 aliphatic carbocycles. The highest BCUT2D eigenvalue weighted by molar-refractivity contribution is 5.64. The van der Waals surface area contributed by atoms with Gasteiger partial charge in [0.15, 0.2) is 11.6 Å². The van der Waals surface area contributed by atoms with E-state index in [0.717, 1.165) is 22.8 Å². The van der Waals surface area contributed by atoms with Gasteiger partial charge in [-0.15, -0.1) is 0 Å². The Kier molecular flexibility index (Phi) is 6.37. The Morgan fingerprint density at radius 3 is 2.21 bits per heavy atom. The van der Waals surface area contributed by atoms with Gasteiger partial charge in [0, 0.05) is 12.2 Å². The zero-order chi connectivity index (χ0) is 20.1. The van der Waals surface area contributed by atoms with Gasteiger partial charge >= 0.3 is 0 Å². The first kappa shape index (κ1) is 20.0. The average molecular weight is 386 g/mol. The van der Waals surface area contributed by atoms with Gasteiger partial charge in [-0.3, -0.25) is 0 Å². The van der Waals surface area contributed by atoms with Crippen LogP contribution in [0.3, 0.4) is 0 Å². The van der Waals surface area contributed by atoms with Crippen molar-refractivity contribution in [1.29, 1.82) is 0 Å². The number of phenolic OH excluding ortho intramolecular Hbond substituents is 1. The Hall–Kier alpha value is -2.79. The smallest absolute Gasteiger partial charge is 0.200 e. The van der Waals surface area contributed by atoms with Crippen molar-refractivity contribution in [3.05, 3.63) is 88.7 Å². The third-order valence-electron chi connectivity index (χ3n) is 4.60. The third kappa shape index (κ3) is 4.54. The average Bonchev–Trinajstić information content (AvgIpc) is 2.70. The predicted molar refractivity (Wildman–Crippen MR) is 103 cm³/mol. The fourth-order valence-corrected chi connectivity index (χ4v) is 3.00. The summed E-state index contributed by atoms with van der Waals surface area (Å²) in [6.07, 6.45) is 0.792. The molecule has 0 radical (unpaired) electrons. The molecule has 0 atom stereocenters. The number of halogens is 3. The molecule has 146 valence electrons. The summed E-state index contributed by atoms with van der Waals surface area (Å²) < 4.78 is 46.9. The van der Waals surface area contributed by atoms with E-state index in [-0.39, 0.29) is 11.4 Å². The number of phenols is 1. The van der Waals surface area contributed by atoms with E-state index in [1.165, 1.54) is 12.1 Å². The van der Waals surface area contributed by atoms with Crippen molar-refractivity contribution in [2.45, 2.75) is 26.4 Å². The minimum atomic E-state index is -1.23. The van der Waals surface area contributed by atoms with Crippen molar-refractivity contribution >= 4 is 0 Å². The summed E-state index contributed by atoms with van der Waals surface area (Å²) in [7, 11) is 0. The zero-order valence-electron chi connectivity index (χ0n) is 15.5. The fraction of sp³-hybridized carbons (Fsp3) is 0.217. The van der Waals surface area contributed by atoms with Crippen molar-refractivity contribution in [3.8, 4) is 16.9 Å². The second kappa shape index (κ2) is 8.93. The molecule has 0 unspecified atom stereocenters. The summed E-state index contributed by atoms with van der Waals surface area (Å²) in [5.41, 5.74) is 3.15. The van der Waals surface area contributed by atoms with Gasteiger partial charge in [-0.05, 0) is 54.2 Å². The molecule has 1 N–H and O–H groups in total. The minimum absolute atomic E-state index is 0.204. The molecule has 0 aromatic heterocycles. The third-order valence-corrected chi connectivity index (χ3v) is 4.60. The number of benzene rings is 3. The Labute approximate surface area is 162 Å². The van der Waals surface area contributed by atoms with E-state index in [1.54, 1.807) is 6.07 Å². The molecule has 28 heavy (non-hydrogen) atoms. The van der Waals surface area contributed by atoms with Crippen molar-refractivity contribution in [2.75, 3.05) is 6.61 Å². The lowest BCUT2D eigenvalue weighted by molar-refractivity contribution is 0.134. The van der Waals surface area contributed by atoms with Gasteiger partial charge in [0.25, 0.3) is 0 Å². The van der Waals surface area contributed by atoms with Crippen LogP contribution in [0.25, 0.3) is 11.1 Å². The highest BCUT2D eigenvalue weighted by Gasteiger charge is 2.13. The first-order chi connectivity index (χ1) is 13.5. The molecule has 3 aromatic rings. The van der Waals surface area contributed by atoms with E-state index in [9.17, 15) is 18.3 Å². The van der Waals surface area contributed by atoms with Crippen LogP contribution in [0, 0.1) is 17.5 Å². The summed E-state index contributed by atoms with van der Waals surface area (Å²) in [5.74, 6) is -3.26. The molecule has 0 aliphatic rings. The lowest BCUT2D eigenvalue weighted by Crippen LogP contribution is -1.98. The summed E-state index contributed by atoms with van der Waals surface area (Å²) >= 11 is 0. The second-order valence-corrected chi connectivity index (χ2v) is 6.52. The maximum absolute atomic E-state index is 14.4. The van der Waals surface area contributed by atoms with Crippen LogP contribution in [0.2, 0.25) is 0 Å². The van der Waals surface area contributed by atoms with Crippen LogP contribution in [0.15, 0.2) is 54.6 Å². The molecule has 0 fully saturated rings. The highest BCUT2D eigenvalue weighted by atomic mass is 19.2. The Balaban J connectivity index is 1.69. The Morgan fingerprint density at radius 1 is 0.821 bits per heavy atom.